The first kappa shape index (κ1) is 14.9. The number of para-hydroxylation sites is 1. The largest absolute Gasteiger partial charge is 0.456 e. The average molecular weight is 335 g/mol. The third-order valence-electron chi connectivity index (χ3n) is 4.80. The van der Waals surface area contributed by atoms with E-state index in [4.69, 9.17) is 4.74 Å². The second-order valence-electron chi connectivity index (χ2n) is 6.58. The van der Waals surface area contributed by atoms with Gasteiger partial charge in [-0.25, -0.2) is 0 Å². The third-order valence-corrected chi connectivity index (χ3v) is 4.80. The van der Waals surface area contributed by atoms with Crippen molar-refractivity contribution in [1.29, 1.82) is 0 Å². The molecule has 0 saturated carbocycles. The Morgan fingerprint density at radius 1 is 0.654 bits per heavy atom. The summed E-state index contributed by atoms with van der Waals surface area (Å²) in [6.07, 6.45) is 1.90. The predicted octanol–water partition coefficient (Wildman–Crippen LogP) is 6.50. The molecule has 5 rings (SSSR count). The quantitative estimate of drug-likeness (QED) is 0.349. The van der Waals surface area contributed by atoms with Gasteiger partial charge in [0.2, 0.25) is 0 Å². The Kier molecular flexibility index (Phi) is 3.36. The molecular weight excluding hydrogens is 318 g/mol. The molecule has 2 heterocycles. The van der Waals surface area contributed by atoms with Gasteiger partial charge in [-0.15, -0.1) is 0 Å². The maximum absolute atomic E-state index is 6.34. The van der Waals surface area contributed by atoms with Crippen molar-refractivity contribution in [3.63, 3.8) is 0 Å². The van der Waals surface area contributed by atoms with E-state index in [1.165, 1.54) is 11.1 Å². The molecule has 3 aromatic carbocycles. The van der Waals surface area contributed by atoms with Crippen LogP contribution < -0.4 is 4.74 Å². The highest BCUT2D eigenvalue weighted by molar-refractivity contribution is 5.91. The molecule has 0 unspecified atom stereocenters. The van der Waals surface area contributed by atoms with Crippen molar-refractivity contribution >= 4 is 0 Å². The fourth-order valence-electron chi connectivity index (χ4n) is 3.48. The lowest BCUT2D eigenvalue weighted by molar-refractivity contribution is 0.488. The van der Waals surface area contributed by atoms with E-state index in [1.807, 2.05) is 25.3 Å². The van der Waals surface area contributed by atoms with Crippen LogP contribution in [-0.2, 0) is 0 Å². The van der Waals surface area contributed by atoms with E-state index < -0.39 is 0 Å². The van der Waals surface area contributed by atoms with Crippen molar-refractivity contribution in [2.24, 2.45) is 0 Å². The van der Waals surface area contributed by atoms with Crippen LogP contribution in [-0.4, -0.2) is 4.98 Å². The number of nitrogens with zero attached hydrogens (tertiary/aromatic N) is 1. The zero-order valence-corrected chi connectivity index (χ0v) is 14.4. The minimum atomic E-state index is 0.863. The SMILES string of the molecule is Cc1ccc(-c2ccc3c(c2)Oc2ccccc2-c2ccccc2-3)nc1. The zero-order chi connectivity index (χ0) is 17.5. The van der Waals surface area contributed by atoms with Gasteiger partial charge in [-0.05, 0) is 47.9 Å². The number of pyridine rings is 1. The number of hydrogen-bond acceptors (Lipinski definition) is 2. The van der Waals surface area contributed by atoms with Gasteiger partial charge in [0.1, 0.15) is 11.5 Å². The monoisotopic (exact) mass is 335 g/mol. The Bertz CT molecular complexity index is 1110. The van der Waals surface area contributed by atoms with Gasteiger partial charge in [-0.1, -0.05) is 54.6 Å². The van der Waals surface area contributed by atoms with E-state index in [0.29, 0.717) is 0 Å². The van der Waals surface area contributed by atoms with Crippen molar-refractivity contribution in [1.82, 2.24) is 4.98 Å². The lowest BCUT2D eigenvalue weighted by atomic mass is 9.94. The van der Waals surface area contributed by atoms with Crippen molar-refractivity contribution in [2.75, 3.05) is 0 Å². The number of aromatic nitrogens is 1. The summed E-state index contributed by atoms with van der Waals surface area (Å²) in [5.41, 5.74) is 7.77. The highest BCUT2D eigenvalue weighted by atomic mass is 16.5. The Labute approximate surface area is 152 Å². The molecule has 0 saturated heterocycles. The first-order chi connectivity index (χ1) is 12.8. The van der Waals surface area contributed by atoms with Gasteiger partial charge in [0.15, 0.2) is 0 Å². The lowest BCUT2D eigenvalue weighted by Crippen LogP contribution is -1.89. The van der Waals surface area contributed by atoms with Crippen LogP contribution in [0.25, 0.3) is 33.5 Å². The molecule has 124 valence electrons. The number of aryl methyl sites for hydroxylation is 1. The molecule has 0 amide bonds. The summed E-state index contributed by atoms with van der Waals surface area (Å²) >= 11 is 0. The molecule has 0 N–H and O–H groups in total. The summed E-state index contributed by atoms with van der Waals surface area (Å²) in [6.45, 7) is 2.05. The molecule has 1 aliphatic heterocycles. The van der Waals surface area contributed by atoms with Gasteiger partial charge >= 0.3 is 0 Å². The van der Waals surface area contributed by atoms with Crippen LogP contribution in [0, 0.1) is 6.92 Å². The Hall–Kier alpha value is -3.39. The molecule has 26 heavy (non-hydrogen) atoms. The van der Waals surface area contributed by atoms with Crippen molar-refractivity contribution in [3.05, 3.63) is 90.6 Å². The second-order valence-corrected chi connectivity index (χ2v) is 6.58. The van der Waals surface area contributed by atoms with Gasteiger partial charge in [0.05, 0.1) is 5.69 Å². The van der Waals surface area contributed by atoms with E-state index in [1.54, 1.807) is 0 Å². The van der Waals surface area contributed by atoms with Crippen molar-refractivity contribution in [3.8, 4) is 45.0 Å². The molecule has 1 aromatic heterocycles. The molecule has 0 spiro atoms. The Balaban J connectivity index is 1.73. The molecule has 2 heteroatoms. The van der Waals surface area contributed by atoms with Gasteiger partial charge < -0.3 is 4.74 Å². The zero-order valence-electron chi connectivity index (χ0n) is 14.4. The maximum atomic E-state index is 6.34. The summed E-state index contributed by atoms with van der Waals surface area (Å²) < 4.78 is 6.34. The predicted molar refractivity (Wildman–Crippen MR) is 105 cm³/mol. The molecule has 0 radical (unpaired) electrons. The molecule has 0 atom stereocenters. The number of hydrogen-bond donors (Lipinski definition) is 0. The van der Waals surface area contributed by atoms with Gasteiger partial charge in [-0.3, -0.25) is 4.98 Å². The maximum Gasteiger partial charge on any atom is 0.135 e. The Morgan fingerprint density at radius 3 is 2.08 bits per heavy atom. The lowest BCUT2D eigenvalue weighted by Gasteiger charge is -2.11. The van der Waals surface area contributed by atoms with Crippen LogP contribution in [0.2, 0.25) is 0 Å². The van der Waals surface area contributed by atoms with Crippen LogP contribution in [0.3, 0.4) is 0 Å². The van der Waals surface area contributed by atoms with Gasteiger partial charge in [0.25, 0.3) is 0 Å². The van der Waals surface area contributed by atoms with Crippen LogP contribution in [0.5, 0.6) is 11.5 Å². The standard InChI is InChI=1S/C24H17NO/c1-16-10-13-22(25-15-16)17-11-12-21-19-7-3-2-6-18(19)20-8-4-5-9-23(20)26-24(21)14-17/h2-15H,1H3. The summed E-state index contributed by atoms with van der Waals surface area (Å²) in [7, 11) is 0. The molecule has 0 aliphatic carbocycles. The first-order valence-electron chi connectivity index (χ1n) is 8.73. The van der Waals surface area contributed by atoms with Gasteiger partial charge in [-0.2, -0.15) is 0 Å². The molecule has 1 aliphatic rings. The topological polar surface area (TPSA) is 22.1 Å². The fraction of sp³-hybridized carbons (Fsp3) is 0.0417. The third kappa shape index (κ3) is 2.39. The molecular formula is C24H17NO. The van der Waals surface area contributed by atoms with E-state index >= 15 is 0 Å². The van der Waals surface area contributed by atoms with Crippen LogP contribution in [0.1, 0.15) is 5.56 Å². The van der Waals surface area contributed by atoms with Gasteiger partial charge in [0, 0.05) is 22.9 Å². The normalized spacial score (nSPS) is 11.6. The molecule has 0 fully saturated rings. The summed E-state index contributed by atoms with van der Waals surface area (Å²) in [6, 6.07) is 27.1. The van der Waals surface area contributed by atoms with Crippen molar-refractivity contribution < 1.29 is 4.74 Å². The van der Waals surface area contributed by atoms with Crippen LogP contribution in [0.15, 0.2) is 85.1 Å². The molecule has 4 aromatic rings. The summed E-state index contributed by atoms with van der Waals surface area (Å²) in [5.74, 6) is 1.75. The van der Waals surface area contributed by atoms with E-state index in [9.17, 15) is 0 Å². The molecule has 0 bridgehead atoms. The van der Waals surface area contributed by atoms with E-state index in [0.717, 1.165) is 39.4 Å². The number of rotatable bonds is 1. The van der Waals surface area contributed by atoms with Crippen molar-refractivity contribution in [2.45, 2.75) is 6.92 Å². The minimum absolute atomic E-state index is 0.863. The van der Waals surface area contributed by atoms with Crippen LogP contribution >= 0.6 is 0 Å². The van der Waals surface area contributed by atoms with E-state index in [-0.39, 0.29) is 0 Å². The van der Waals surface area contributed by atoms with E-state index in [2.05, 4.69) is 71.7 Å². The smallest absolute Gasteiger partial charge is 0.135 e. The number of fused-ring (bicyclic) bond motifs is 5. The van der Waals surface area contributed by atoms with Crippen LogP contribution in [0.4, 0.5) is 0 Å². The Morgan fingerprint density at radius 2 is 1.35 bits per heavy atom. The molecule has 2 nitrogen and oxygen atoms in total. The first-order valence-corrected chi connectivity index (χ1v) is 8.73. The summed E-state index contributed by atoms with van der Waals surface area (Å²) in [4.78, 5) is 4.55. The fourth-order valence-corrected chi connectivity index (χ4v) is 3.48. The number of ether oxygens (including phenoxy) is 1. The highest BCUT2D eigenvalue weighted by Gasteiger charge is 2.20. The minimum Gasteiger partial charge on any atom is -0.456 e. The number of benzene rings is 3. The summed E-state index contributed by atoms with van der Waals surface area (Å²) in [5, 5.41) is 0. The second kappa shape index (κ2) is 5.85. The highest BCUT2D eigenvalue weighted by Crippen LogP contribution is 2.47. The average Bonchev–Trinajstić information content (AvgIpc) is 2.83.